The third-order valence-corrected chi connectivity index (χ3v) is 17.5. The van der Waals surface area contributed by atoms with E-state index in [1.807, 2.05) is 23.5 Å². The molecule has 2 aliphatic carbocycles. The van der Waals surface area contributed by atoms with Gasteiger partial charge in [0, 0.05) is 33.0 Å². The summed E-state index contributed by atoms with van der Waals surface area (Å²) in [5.74, 6) is -0.222. The van der Waals surface area contributed by atoms with Crippen LogP contribution in [-0.4, -0.2) is 6.71 Å². The smallest absolute Gasteiger partial charge is 0.254 e. The lowest BCUT2D eigenvalue weighted by molar-refractivity contribution is 0.332. The van der Waals surface area contributed by atoms with Gasteiger partial charge in [-0.1, -0.05) is 142 Å². The largest absolute Gasteiger partial charge is 0.311 e. The standard InChI is InChI=1S/C60H64BFN2S/c1-35-19-22-52-41(27-35)53-55(65-52)64(47-21-20-38(28-36(47)2)56(3,4)5)51-30-39(62)29-50-54(51)61(53)46-32-43-45(60(12,13)26-24-58(43,8)9)34-49(46)63(50)48-33-44-42(57(6,7)23-25-59(44,10)11)31-40(48)37-17-15-14-16-18-37/h14-22,27-34H,23-26H2,1-13H3. The normalized spacial score (nSPS) is 18.5. The lowest BCUT2D eigenvalue weighted by Gasteiger charge is -2.48. The van der Waals surface area contributed by atoms with Crippen LogP contribution < -0.4 is 26.2 Å². The molecule has 0 saturated heterocycles. The molecule has 0 saturated carbocycles. The zero-order valence-electron chi connectivity index (χ0n) is 40.9. The number of hydrogen-bond donors (Lipinski definition) is 0. The SMILES string of the molecule is Cc1ccc2sc3c(c2c1)B1c2cc4c(cc2N(c2cc5c(cc2-c2ccccc2)C(C)(C)CCC5(C)C)c2cc(F)cc(c21)N3c1ccc(C(C)(C)C)cc1C)C(C)(C)CCC4(C)C. The molecule has 0 spiro atoms. The summed E-state index contributed by atoms with van der Waals surface area (Å²) in [4.78, 5) is 4.95. The minimum Gasteiger partial charge on any atom is -0.311 e. The van der Waals surface area contributed by atoms with Crippen LogP contribution in [0.3, 0.4) is 0 Å². The molecular formula is C60H64BFN2S. The van der Waals surface area contributed by atoms with E-state index in [1.165, 1.54) is 87.2 Å². The highest BCUT2D eigenvalue weighted by Crippen LogP contribution is 2.55. The molecule has 0 radical (unpaired) electrons. The Bertz CT molecular complexity index is 3140. The van der Waals surface area contributed by atoms with Crippen LogP contribution in [0.1, 0.15) is 141 Å². The molecule has 2 aliphatic heterocycles. The maximum atomic E-state index is 17.4. The first-order valence-corrected chi connectivity index (χ1v) is 24.9. The van der Waals surface area contributed by atoms with E-state index in [0.717, 1.165) is 48.4 Å². The number of halogens is 1. The van der Waals surface area contributed by atoms with Crippen LogP contribution in [0.4, 0.5) is 37.8 Å². The second kappa shape index (κ2) is 14.0. The molecule has 0 fully saturated rings. The maximum Gasteiger partial charge on any atom is 0.254 e. The molecule has 3 heterocycles. The molecule has 11 rings (SSSR count). The van der Waals surface area contributed by atoms with Crippen molar-refractivity contribution in [1.29, 1.82) is 0 Å². The fourth-order valence-electron chi connectivity index (χ4n) is 12.2. The first-order chi connectivity index (χ1) is 30.6. The summed E-state index contributed by atoms with van der Waals surface area (Å²) in [7, 11) is 0. The lowest BCUT2D eigenvalue weighted by Crippen LogP contribution is -2.61. The highest BCUT2D eigenvalue weighted by molar-refractivity contribution is 7.26. The highest BCUT2D eigenvalue weighted by Gasteiger charge is 2.49. The number of hydrogen-bond acceptors (Lipinski definition) is 3. The summed E-state index contributed by atoms with van der Waals surface area (Å²) in [6.45, 7) is 30.6. The Morgan fingerprint density at radius 3 is 1.72 bits per heavy atom. The van der Waals surface area contributed by atoms with Crippen molar-refractivity contribution in [2.24, 2.45) is 0 Å². The predicted molar refractivity (Wildman–Crippen MR) is 280 cm³/mol. The number of benzene rings is 6. The zero-order chi connectivity index (χ0) is 45.9. The number of thiophene rings is 1. The van der Waals surface area contributed by atoms with Gasteiger partial charge >= 0.3 is 0 Å². The number of nitrogens with zero attached hydrogens (tertiary/aromatic N) is 2. The Morgan fingerprint density at radius 2 is 1.12 bits per heavy atom. The summed E-state index contributed by atoms with van der Waals surface area (Å²) in [5, 5.41) is 2.48. The van der Waals surface area contributed by atoms with Gasteiger partial charge in [0.1, 0.15) is 5.82 Å². The van der Waals surface area contributed by atoms with Gasteiger partial charge in [0.15, 0.2) is 0 Å². The topological polar surface area (TPSA) is 6.48 Å². The molecule has 65 heavy (non-hydrogen) atoms. The minimum absolute atomic E-state index is 0.00398. The van der Waals surface area contributed by atoms with Gasteiger partial charge in [-0.05, 0) is 170 Å². The van der Waals surface area contributed by atoms with Crippen LogP contribution in [0.25, 0.3) is 21.2 Å². The summed E-state index contributed by atoms with van der Waals surface area (Å²) < 4.78 is 18.6. The monoisotopic (exact) mass is 874 g/mol. The van der Waals surface area contributed by atoms with Gasteiger partial charge in [0.25, 0.3) is 6.71 Å². The van der Waals surface area contributed by atoms with Crippen LogP contribution in [0.2, 0.25) is 0 Å². The van der Waals surface area contributed by atoms with Crippen LogP contribution >= 0.6 is 11.3 Å². The molecule has 6 aromatic carbocycles. The van der Waals surface area contributed by atoms with Crippen molar-refractivity contribution in [3.05, 3.63) is 148 Å². The van der Waals surface area contributed by atoms with Gasteiger partial charge in [-0.15, -0.1) is 11.3 Å². The average molecular weight is 875 g/mol. The number of fused-ring (bicyclic) bond motifs is 8. The number of aryl methyl sites for hydroxylation is 2. The van der Waals surface area contributed by atoms with Gasteiger partial charge in [0.05, 0.1) is 10.7 Å². The van der Waals surface area contributed by atoms with E-state index in [4.69, 9.17) is 0 Å². The summed E-state index contributed by atoms with van der Waals surface area (Å²) >= 11 is 1.85. The molecule has 0 atom stereocenters. The molecule has 5 heteroatoms. The third kappa shape index (κ3) is 6.37. The van der Waals surface area contributed by atoms with Crippen LogP contribution in [-0.2, 0) is 27.1 Å². The maximum absolute atomic E-state index is 17.4. The van der Waals surface area contributed by atoms with Crippen molar-refractivity contribution >= 4 is 78.0 Å². The molecule has 0 bridgehead atoms. The highest BCUT2D eigenvalue weighted by atomic mass is 32.1. The fourth-order valence-corrected chi connectivity index (χ4v) is 13.4. The van der Waals surface area contributed by atoms with Gasteiger partial charge in [-0.3, -0.25) is 0 Å². The van der Waals surface area contributed by atoms with Gasteiger partial charge in [-0.2, -0.15) is 0 Å². The first kappa shape index (κ1) is 42.5. The molecule has 330 valence electrons. The van der Waals surface area contributed by atoms with E-state index in [9.17, 15) is 0 Å². The fraction of sp³-hybridized carbons (Fsp3) is 0.367. The van der Waals surface area contributed by atoms with Crippen molar-refractivity contribution in [2.75, 3.05) is 9.80 Å². The molecule has 0 amide bonds. The van der Waals surface area contributed by atoms with Crippen LogP contribution in [0, 0.1) is 19.7 Å². The van der Waals surface area contributed by atoms with Gasteiger partial charge < -0.3 is 9.80 Å². The second-order valence-electron chi connectivity index (χ2n) is 23.8. The molecule has 0 unspecified atom stereocenters. The van der Waals surface area contributed by atoms with Crippen molar-refractivity contribution in [1.82, 2.24) is 0 Å². The molecule has 7 aromatic rings. The van der Waals surface area contributed by atoms with Crippen molar-refractivity contribution in [2.45, 2.75) is 143 Å². The Kier molecular flexibility index (Phi) is 9.13. The first-order valence-electron chi connectivity index (χ1n) is 24.1. The molecule has 2 nitrogen and oxygen atoms in total. The van der Waals surface area contributed by atoms with Crippen molar-refractivity contribution in [3.8, 4) is 11.1 Å². The van der Waals surface area contributed by atoms with Crippen molar-refractivity contribution < 1.29 is 4.39 Å². The lowest BCUT2D eigenvalue weighted by atomic mass is 9.33. The predicted octanol–water partition coefficient (Wildman–Crippen LogP) is 15.4. The summed E-state index contributed by atoms with van der Waals surface area (Å²) in [6, 6.07) is 38.8. The Balaban J connectivity index is 1.31. The molecule has 1 aromatic heterocycles. The average Bonchev–Trinajstić information content (AvgIpc) is 3.61. The second-order valence-corrected chi connectivity index (χ2v) is 24.8. The van der Waals surface area contributed by atoms with E-state index < -0.39 is 0 Å². The van der Waals surface area contributed by atoms with E-state index in [2.05, 4.69) is 191 Å². The van der Waals surface area contributed by atoms with E-state index in [1.54, 1.807) is 0 Å². The van der Waals surface area contributed by atoms with Crippen molar-refractivity contribution in [3.63, 3.8) is 0 Å². The molecule has 0 N–H and O–H groups in total. The van der Waals surface area contributed by atoms with Crippen LogP contribution in [0.15, 0.2) is 103 Å². The summed E-state index contributed by atoms with van der Waals surface area (Å²) in [5.41, 5.74) is 20.8. The van der Waals surface area contributed by atoms with E-state index >= 15 is 4.39 Å². The van der Waals surface area contributed by atoms with Gasteiger partial charge in [-0.25, -0.2) is 4.39 Å². The number of anilines is 6. The van der Waals surface area contributed by atoms with Crippen LogP contribution in [0.5, 0.6) is 0 Å². The quantitative estimate of drug-likeness (QED) is 0.163. The van der Waals surface area contributed by atoms with E-state index in [-0.39, 0.29) is 39.6 Å². The zero-order valence-corrected chi connectivity index (χ0v) is 41.7. The van der Waals surface area contributed by atoms with Gasteiger partial charge in [0.2, 0.25) is 0 Å². The third-order valence-electron chi connectivity index (χ3n) is 16.4. The molecular weight excluding hydrogens is 811 g/mol. The van der Waals surface area contributed by atoms with E-state index in [0.29, 0.717) is 0 Å². The molecule has 4 aliphatic rings. The minimum atomic E-state index is -0.222. The Hall–Kier alpha value is -5.13. The Labute approximate surface area is 392 Å². The number of rotatable bonds is 3. The Morgan fingerprint density at radius 1 is 0.554 bits per heavy atom. The summed E-state index contributed by atoms with van der Waals surface area (Å²) in [6.07, 6.45) is 4.48.